The second kappa shape index (κ2) is 5.78. The van der Waals surface area contributed by atoms with Crippen molar-refractivity contribution in [3.63, 3.8) is 0 Å². The van der Waals surface area contributed by atoms with E-state index in [-0.39, 0.29) is 0 Å². The first kappa shape index (κ1) is 13.5. The molecule has 0 amide bonds. The Labute approximate surface area is 114 Å². The summed E-state index contributed by atoms with van der Waals surface area (Å²) in [6, 6.07) is 1.98. The third-order valence-corrected chi connectivity index (χ3v) is 3.21. The number of anilines is 1. The molecule has 0 aromatic carbocycles. The highest BCUT2D eigenvalue weighted by atomic mass is 15.0. The van der Waals surface area contributed by atoms with Crippen molar-refractivity contribution >= 4 is 5.82 Å². The predicted molar refractivity (Wildman–Crippen MR) is 78.3 cm³/mol. The molecule has 0 radical (unpaired) electrons. The van der Waals surface area contributed by atoms with Gasteiger partial charge in [0, 0.05) is 35.8 Å². The van der Waals surface area contributed by atoms with Gasteiger partial charge in [-0.25, -0.2) is 9.97 Å². The molecule has 0 bridgehead atoms. The Balaban J connectivity index is 2.47. The number of pyridine rings is 1. The van der Waals surface area contributed by atoms with Crippen molar-refractivity contribution in [2.24, 2.45) is 0 Å². The van der Waals surface area contributed by atoms with Crippen LogP contribution < -0.4 is 5.32 Å². The van der Waals surface area contributed by atoms with Gasteiger partial charge in [-0.1, -0.05) is 6.92 Å². The fourth-order valence-electron chi connectivity index (χ4n) is 1.86. The first-order chi connectivity index (χ1) is 9.13. The molecule has 2 aromatic rings. The van der Waals surface area contributed by atoms with Crippen LogP contribution in [0.15, 0.2) is 18.5 Å². The van der Waals surface area contributed by atoms with E-state index in [0.29, 0.717) is 0 Å². The van der Waals surface area contributed by atoms with Crippen molar-refractivity contribution in [2.45, 2.75) is 34.1 Å². The molecular formula is C15H20N4. The molecule has 0 aliphatic heterocycles. The highest BCUT2D eigenvalue weighted by Crippen LogP contribution is 2.23. The lowest BCUT2D eigenvalue weighted by Gasteiger charge is -2.12. The van der Waals surface area contributed by atoms with E-state index >= 15 is 0 Å². The fourth-order valence-corrected chi connectivity index (χ4v) is 1.86. The summed E-state index contributed by atoms with van der Waals surface area (Å²) in [6.45, 7) is 9.18. The summed E-state index contributed by atoms with van der Waals surface area (Å²) in [6.07, 6.45) is 4.68. The molecule has 4 heteroatoms. The standard InChI is InChI=1S/C15H20N4/c1-5-7-17-14-11(3)12(4)18-15(19-14)13-9-16-8-6-10(13)2/h6,8-9H,5,7H2,1-4H3,(H,17,18,19). The molecule has 100 valence electrons. The summed E-state index contributed by atoms with van der Waals surface area (Å²) >= 11 is 0. The van der Waals surface area contributed by atoms with Gasteiger partial charge in [0.05, 0.1) is 0 Å². The highest BCUT2D eigenvalue weighted by Gasteiger charge is 2.11. The Hall–Kier alpha value is -1.97. The SMILES string of the molecule is CCCNc1nc(-c2cnccc2C)nc(C)c1C. The Morgan fingerprint density at radius 2 is 1.95 bits per heavy atom. The Kier molecular flexibility index (Phi) is 4.10. The van der Waals surface area contributed by atoms with Crippen molar-refractivity contribution < 1.29 is 0 Å². The number of hydrogen-bond acceptors (Lipinski definition) is 4. The summed E-state index contributed by atoms with van der Waals surface area (Å²) in [5, 5.41) is 3.36. The molecule has 2 rings (SSSR count). The van der Waals surface area contributed by atoms with Crippen LogP contribution in [0.4, 0.5) is 5.82 Å². The van der Waals surface area contributed by atoms with Crippen LogP contribution in [0.5, 0.6) is 0 Å². The third-order valence-electron chi connectivity index (χ3n) is 3.21. The lowest BCUT2D eigenvalue weighted by molar-refractivity contribution is 0.954. The van der Waals surface area contributed by atoms with Crippen LogP contribution in [0.2, 0.25) is 0 Å². The third kappa shape index (κ3) is 2.89. The Morgan fingerprint density at radius 3 is 2.63 bits per heavy atom. The van der Waals surface area contributed by atoms with E-state index in [1.54, 1.807) is 6.20 Å². The number of nitrogens with zero attached hydrogens (tertiary/aromatic N) is 3. The molecule has 0 spiro atoms. The summed E-state index contributed by atoms with van der Waals surface area (Å²) < 4.78 is 0. The molecular weight excluding hydrogens is 236 g/mol. The van der Waals surface area contributed by atoms with Crippen LogP contribution in [-0.2, 0) is 0 Å². The fraction of sp³-hybridized carbons (Fsp3) is 0.400. The van der Waals surface area contributed by atoms with Crippen LogP contribution in [0, 0.1) is 20.8 Å². The minimum atomic E-state index is 0.743. The van der Waals surface area contributed by atoms with E-state index in [1.807, 2.05) is 26.1 Å². The summed E-state index contributed by atoms with van der Waals surface area (Å²) in [5.41, 5.74) is 4.25. The average Bonchev–Trinajstić information content (AvgIpc) is 2.41. The molecule has 0 aliphatic carbocycles. The van der Waals surface area contributed by atoms with Gasteiger partial charge in [0.2, 0.25) is 0 Å². The van der Waals surface area contributed by atoms with E-state index in [4.69, 9.17) is 0 Å². The molecule has 0 saturated heterocycles. The van der Waals surface area contributed by atoms with Crippen LogP contribution in [0.1, 0.15) is 30.2 Å². The van der Waals surface area contributed by atoms with E-state index in [2.05, 4.69) is 34.1 Å². The second-order valence-corrected chi connectivity index (χ2v) is 4.72. The van der Waals surface area contributed by atoms with Gasteiger partial charge < -0.3 is 5.32 Å². The van der Waals surface area contributed by atoms with Gasteiger partial charge in [-0.15, -0.1) is 0 Å². The van der Waals surface area contributed by atoms with Gasteiger partial charge in [0.25, 0.3) is 0 Å². The monoisotopic (exact) mass is 256 g/mol. The first-order valence-corrected chi connectivity index (χ1v) is 6.63. The largest absolute Gasteiger partial charge is 0.370 e. The van der Waals surface area contributed by atoms with Gasteiger partial charge >= 0.3 is 0 Å². The maximum Gasteiger partial charge on any atom is 0.163 e. The Morgan fingerprint density at radius 1 is 1.16 bits per heavy atom. The second-order valence-electron chi connectivity index (χ2n) is 4.72. The van der Waals surface area contributed by atoms with E-state index in [0.717, 1.165) is 47.0 Å². The molecule has 0 saturated carbocycles. The van der Waals surface area contributed by atoms with Crippen molar-refractivity contribution in [1.29, 1.82) is 0 Å². The topological polar surface area (TPSA) is 50.7 Å². The van der Waals surface area contributed by atoms with Gasteiger partial charge in [-0.3, -0.25) is 4.98 Å². The lowest BCUT2D eigenvalue weighted by Crippen LogP contribution is -2.08. The molecule has 2 heterocycles. The van der Waals surface area contributed by atoms with E-state index in [1.165, 1.54) is 0 Å². The van der Waals surface area contributed by atoms with Crippen molar-refractivity contribution in [3.05, 3.63) is 35.3 Å². The van der Waals surface area contributed by atoms with Crippen molar-refractivity contribution in [1.82, 2.24) is 15.0 Å². The number of hydrogen-bond donors (Lipinski definition) is 1. The minimum Gasteiger partial charge on any atom is -0.370 e. The lowest BCUT2D eigenvalue weighted by atomic mass is 10.1. The van der Waals surface area contributed by atoms with Gasteiger partial charge in [-0.05, 0) is 38.8 Å². The van der Waals surface area contributed by atoms with E-state index < -0.39 is 0 Å². The number of rotatable bonds is 4. The summed E-state index contributed by atoms with van der Waals surface area (Å²) in [5.74, 6) is 1.67. The molecule has 1 N–H and O–H groups in total. The van der Waals surface area contributed by atoms with Crippen LogP contribution in [0.3, 0.4) is 0 Å². The minimum absolute atomic E-state index is 0.743. The van der Waals surface area contributed by atoms with Crippen LogP contribution >= 0.6 is 0 Å². The average molecular weight is 256 g/mol. The smallest absolute Gasteiger partial charge is 0.163 e. The first-order valence-electron chi connectivity index (χ1n) is 6.63. The van der Waals surface area contributed by atoms with Crippen LogP contribution in [-0.4, -0.2) is 21.5 Å². The number of aromatic nitrogens is 3. The van der Waals surface area contributed by atoms with Gasteiger partial charge in [0.1, 0.15) is 5.82 Å². The number of nitrogens with one attached hydrogen (secondary N) is 1. The van der Waals surface area contributed by atoms with Gasteiger partial charge in [-0.2, -0.15) is 0 Å². The van der Waals surface area contributed by atoms with Gasteiger partial charge in [0.15, 0.2) is 5.82 Å². The molecule has 0 atom stereocenters. The molecule has 19 heavy (non-hydrogen) atoms. The molecule has 0 unspecified atom stereocenters. The zero-order valence-corrected chi connectivity index (χ0v) is 12.0. The molecule has 0 fully saturated rings. The number of aryl methyl sites for hydroxylation is 2. The zero-order valence-electron chi connectivity index (χ0n) is 12.0. The molecule has 0 aliphatic rings. The van der Waals surface area contributed by atoms with E-state index in [9.17, 15) is 0 Å². The maximum atomic E-state index is 4.64. The quantitative estimate of drug-likeness (QED) is 0.912. The highest BCUT2D eigenvalue weighted by molar-refractivity contribution is 5.62. The summed E-state index contributed by atoms with van der Waals surface area (Å²) in [4.78, 5) is 13.4. The maximum absolute atomic E-state index is 4.64. The molecule has 4 nitrogen and oxygen atoms in total. The van der Waals surface area contributed by atoms with Crippen molar-refractivity contribution in [3.8, 4) is 11.4 Å². The van der Waals surface area contributed by atoms with Crippen molar-refractivity contribution in [2.75, 3.05) is 11.9 Å². The predicted octanol–water partition coefficient (Wildman–Crippen LogP) is 3.29. The molecule has 2 aromatic heterocycles. The zero-order chi connectivity index (χ0) is 13.8. The summed E-state index contributed by atoms with van der Waals surface area (Å²) in [7, 11) is 0. The normalized spacial score (nSPS) is 10.5. The Bertz CT molecular complexity index is 578. The van der Waals surface area contributed by atoms with Crippen LogP contribution in [0.25, 0.3) is 11.4 Å².